The van der Waals surface area contributed by atoms with Gasteiger partial charge in [0.1, 0.15) is 12.4 Å². The lowest BCUT2D eigenvalue weighted by Crippen LogP contribution is -1.83. The number of nitrogens with zero attached hydrogens (tertiary/aromatic N) is 1. The Kier molecular flexibility index (Phi) is 2.09. The number of aliphatic hydroxyl groups excluding tert-OH is 1. The van der Waals surface area contributed by atoms with Crippen molar-refractivity contribution in [2.45, 2.75) is 13.5 Å². The standard InChI is InChI=1S/C9H9BrN2O/c1-5-2-7-8(3-6(5)10)12-9(4-13)11-7/h2-3,13H,4H2,1H3,(H,11,12). The van der Waals surface area contributed by atoms with E-state index in [9.17, 15) is 0 Å². The average molecular weight is 241 g/mol. The van der Waals surface area contributed by atoms with Gasteiger partial charge in [-0.25, -0.2) is 4.98 Å². The van der Waals surface area contributed by atoms with Crippen LogP contribution in [-0.4, -0.2) is 15.1 Å². The topological polar surface area (TPSA) is 48.9 Å². The Bertz CT molecular complexity index is 411. The van der Waals surface area contributed by atoms with Crippen LogP contribution in [0.3, 0.4) is 0 Å². The third-order valence-corrected chi connectivity index (χ3v) is 2.82. The first-order chi connectivity index (χ1) is 6.20. The minimum atomic E-state index is -0.0503. The SMILES string of the molecule is Cc1cc2[nH]c(CO)nc2cc1Br. The van der Waals surface area contributed by atoms with Crippen molar-refractivity contribution in [2.24, 2.45) is 0 Å². The lowest BCUT2D eigenvalue weighted by molar-refractivity contribution is 0.273. The zero-order valence-corrected chi connectivity index (χ0v) is 8.72. The molecular weight excluding hydrogens is 232 g/mol. The molecule has 4 heteroatoms. The maximum atomic E-state index is 8.87. The first-order valence-electron chi connectivity index (χ1n) is 3.96. The fourth-order valence-electron chi connectivity index (χ4n) is 1.27. The Morgan fingerprint density at radius 1 is 1.54 bits per heavy atom. The van der Waals surface area contributed by atoms with E-state index in [0.29, 0.717) is 5.82 Å². The van der Waals surface area contributed by atoms with Gasteiger partial charge in [0.2, 0.25) is 0 Å². The van der Waals surface area contributed by atoms with Gasteiger partial charge in [0, 0.05) is 4.47 Å². The van der Waals surface area contributed by atoms with Crippen LogP contribution >= 0.6 is 15.9 Å². The van der Waals surface area contributed by atoms with Crippen LogP contribution in [-0.2, 0) is 6.61 Å². The Morgan fingerprint density at radius 2 is 2.31 bits per heavy atom. The second-order valence-corrected chi connectivity index (χ2v) is 3.81. The van der Waals surface area contributed by atoms with Gasteiger partial charge in [-0.05, 0) is 24.6 Å². The minimum Gasteiger partial charge on any atom is -0.388 e. The highest BCUT2D eigenvalue weighted by Gasteiger charge is 2.03. The summed E-state index contributed by atoms with van der Waals surface area (Å²) in [6.45, 7) is 1.97. The second kappa shape index (κ2) is 3.12. The van der Waals surface area contributed by atoms with E-state index in [1.165, 1.54) is 0 Å². The monoisotopic (exact) mass is 240 g/mol. The van der Waals surface area contributed by atoms with Crippen LogP contribution in [0.4, 0.5) is 0 Å². The molecule has 0 radical (unpaired) electrons. The predicted molar refractivity (Wildman–Crippen MR) is 54.5 cm³/mol. The highest BCUT2D eigenvalue weighted by molar-refractivity contribution is 9.10. The highest BCUT2D eigenvalue weighted by atomic mass is 79.9. The Balaban J connectivity index is 2.70. The van der Waals surface area contributed by atoms with Crippen molar-refractivity contribution in [2.75, 3.05) is 0 Å². The molecule has 2 N–H and O–H groups in total. The summed E-state index contributed by atoms with van der Waals surface area (Å²) in [6, 6.07) is 3.95. The number of hydrogen-bond donors (Lipinski definition) is 2. The number of rotatable bonds is 1. The molecule has 2 aromatic rings. The number of H-pyrrole nitrogens is 1. The minimum absolute atomic E-state index is 0.0503. The second-order valence-electron chi connectivity index (χ2n) is 2.96. The van der Waals surface area contributed by atoms with Gasteiger partial charge in [-0.3, -0.25) is 0 Å². The molecule has 0 amide bonds. The molecule has 2 rings (SSSR count). The Morgan fingerprint density at radius 3 is 3.00 bits per heavy atom. The van der Waals surface area contributed by atoms with E-state index in [2.05, 4.69) is 25.9 Å². The normalized spacial score (nSPS) is 11.0. The molecular formula is C9H9BrN2O. The zero-order valence-electron chi connectivity index (χ0n) is 7.13. The van der Waals surface area contributed by atoms with Crippen molar-refractivity contribution < 1.29 is 5.11 Å². The Labute approximate surface area is 83.9 Å². The summed E-state index contributed by atoms with van der Waals surface area (Å²) in [5.74, 6) is 0.604. The van der Waals surface area contributed by atoms with Gasteiger partial charge < -0.3 is 10.1 Å². The summed E-state index contributed by atoms with van der Waals surface area (Å²) in [7, 11) is 0. The lowest BCUT2D eigenvalue weighted by atomic mass is 10.2. The van der Waals surface area contributed by atoms with E-state index in [1.54, 1.807) is 0 Å². The fourth-order valence-corrected chi connectivity index (χ4v) is 1.60. The number of nitrogens with one attached hydrogen (secondary N) is 1. The molecule has 0 fully saturated rings. The van der Waals surface area contributed by atoms with E-state index in [-0.39, 0.29) is 6.61 Å². The average Bonchev–Trinajstić information content (AvgIpc) is 2.48. The summed E-state index contributed by atoms with van der Waals surface area (Å²) in [5.41, 5.74) is 2.99. The van der Waals surface area contributed by atoms with E-state index in [1.807, 2.05) is 19.1 Å². The zero-order chi connectivity index (χ0) is 9.42. The van der Waals surface area contributed by atoms with Gasteiger partial charge in [-0.1, -0.05) is 15.9 Å². The van der Waals surface area contributed by atoms with Gasteiger partial charge in [0.25, 0.3) is 0 Å². The van der Waals surface area contributed by atoms with Gasteiger partial charge in [0.05, 0.1) is 11.0 Å². The summed E-state index contributed by atoms with van der Waals surface area (Å²) in [4.78, 5) is 7.23. The molecule has 0 aliphatic heterocycles. The number of hydrogen-bond acceptors (Lipinski definition) is 2. The number of halogens is 1. The number of aromatic amines is 1. The summed E-state index contributed by atoms with van der Waals surface area (Å²) in [5, 5.41) is 8.87. The van der Waals surface area contributed by atoms with Crippen molar-refractivity contribution in [1.82, 2.24) is 9.97 Å². The molecule has 0 spiro atoms. The molecule has 1 aromatic carbocycles. The molecule has 68 valence electrons. The van der Waals surface area contributed by atoms with Crippen molar-refractivity contribution in [3.63, 3.8) is 0 Å². The highest BCUT2D eigenvalue weighted by Crippen LogP contribution is 2.22. The van der Waals surface area contributed by atoms with E-state index < -0.39 is 0 Å². The van der Waals surface area contributed by atoms with E-state index in [0.717, 1.165) is 21.1 Å². The van der Waals surface area contributed by atoms with Gasteiger partial charge in [-0.15, -0.1) is 0 Å². The number of aliphatic hydroxyl groups is 1. The van der Waals surface area contributed by atoms with Crippen LogP contribution in [0.1, 0.15) is 11.4 Å². The molecule has 0 saturated heterocycles. The van der Waals surface area contributed by atoms with Crippen LogP contribution < -0.4 is 0 Å². The first-order valence-corrected chi connectivity index (χ1v) is 4.75. The molecule has 0 saturated carbocycles. The first kappa shape index (κ1) is 8.72. The maximum absolute atomic E-state index is 8.87. The van der Waals surface area contributed by atoms with Crippen LogP contribution in [0.25, 0.3) is 11.0 Å². The lowest BCUT2D eigenvalue weighted by Gasteiger charge is -1.95. The molecule has 0 unspecified atom stereocenters. The Hall–Kier alpha value is -0.870. The predicted octanol–water partition coefficient (Wildman–Crippen LogP) is 2.13. The largest absolute Gasteiger partial charge is 0.388 e. The molecule has 0 aliphatic carbocycles. The molecule has 13 heavy (non-hydrogen) atoms. The van der Waals surface area contributed by atoms with Crippen LogP contribution in [0.15, 0.2) is 16.6 Å². The summed E-state index contributed by atoms with van der Waals surface area (Å²) < 4.78 is 1.04. The molecule has 0 atom stereocenters. The third-order valence-electron chi connectivity index (χ3n) is 1.96. The van der Waals surface area contributed by atoms with Crippen LogP contribution in [0, 0.1) is 6.92 Å². The van der Waals surface area contributed by atoms with Crippen molar-refractivity contribution in [3.8, 4) is 0 Å². The van der Waals surface area contributed by atoms with E-state index >= 15 is 0 Å². The van der Waals surface area contributed by atoms with Gasteiger partial charge in [0.15, 0.2) is 0 Å². The van der Waals surface area contributed by atoms with Gasteiger partial charge >= 0.3 is 0 Å². The summed E-state index contributed by atoms with van der Waals surface area (Å²) in [6.07, 6.45) is 0. The van der Waals surface area contributed by atoms with Crippen LogP contribution in [0.5, 0.6) is 0 Å². The van der Waals surface area contributed by atoms with Gasteiger partial charge in [-0.2, -0.15) is 0 Å². The maximum Gasteiger partial charge on any atom is 0.133 e. The number of imidazole rings is 1. The van der Waals surface area contributed by atoms with Crippen LogP contribution in [0.2, 0.25) is 0 Å². The van der Waals surface area contributed by atoms with Crippen molar-refractivity contribution in [1.29, 1.82) is 0 Å². The fraction of sp³-hybridized carbons (Fsp3) is 0.222. The molecule has 1 aromatic heterocycles. The molecule has 1 heterocycles. The third kappa shape index (κ3) is 1.47. The summed E-state index contributed by atoms with van der Waals surface area (Å²) >= 11 is 3.43. The number of fused-ring (bicyclic) bond motifs is 1. The molecule has 3 nitrogen and oxygen atoms in total. The quantitative estimate of drug-likeness (QED) is 0.803. The van der Waals surface area contributed by atoms with E-state index in [4.69, 9.17) is 5.11 Å². The smallest absolute Gasteiger partial charge is 0.133 e. The molecule has 0 aliphatic rings. The van der Waals surface area contributed by atoms with Crippen molar-refractivity contribution in [3.05, 3.63) is 28.0 Å². The number of benzene rings is 1. The number of aryl methyl sites for hydroxylation is 1. The number of aromatic nitrogens is 2. The van der Waals surface area contributed by atoms with Crippen molar-refractivity contribution >= 4 is 27.0 Å². The molecule has 0 bridgehead atoms.